The van der Waals surface area contributed by atoms with Crippen LogP contribution in [0.3, 0.4) is 0 Å². The van der Waals surface area contributed by atoms with Crippen LogP contribution in [0, 0.1) is 6.92 Å². The monoisotopic (exact) mass is 316 g/mol. The van der Waals surface area contributed by atoms with Crippen molar-refractivity contribution < 1.29 is 9.53 Å². The van der Waals surface area contributed by atoms with E-state index in [0.717, 1.165) is 17.1 Å². The Hall–Kier alpha value is -2.37. The van der Waals surface area contributed by atoms with Crippen molar-refractivity contribution in [2.75, 3.05) is 7.11 Å². The third kappa shape index (κ3) is 3.36. The minimum absolute atomic E-state index is 0.0957. The Morgan fingerprint density at radius 3 is 2.43 bits per heavy atom. The first-order chi connectivity index (χ1) is 10.9. The lowest BCUT2D eigenvalue weighted by atomic mass is 10.2. The zero-order chi connectivity index (χ0) is 17.1. The lowest BCUT2D eigenvalue weighted by Gasteiger charge is -2.30. The van der Waals surface area contributed by atoms with Gasteiger partial charge in [0.05, 0.1) is 18.5 Å². The number of methoxy groups -OCH3 is 1. The first-order valence-electron chi connectivity index (χ1n) is 7.76. The van der Waals surface area contributed by atoms with Crippen LogP contribution < -0.4 is 4.74 Å². The molecule has 0 radical (unpaired) electrons. The molecule has 2 rings (SSSR count). The highest BCUT2D eigenvalue weighted by atomic mass is 16.5. The second-order valence-electron chi connectivity index (χ2n) is 6.04. The molecule has 0 unspecified atom stereocenters. The minimum Gasteiger partial charge on any atom is -0.497 e. The molecule has 0 saturated heterocycles. The summed E-state index contributed by atoms with van der Waals surface area (Å²) < 4.78 is 6.90. The molecule has 124 valence electrons. The number of carbonyl (C=O) groups excluding carboxylic acids is 1. The van der Waals surface area contributed by atoms with Gasteiger partial charge in [0, 0.05) is 18.2 Å². The number of aromatic nitrogens is 3. The standard InChI is InChI=1S/C17H24N4O2/c1-11(2)20(12(3)4)17(22)16-13(5)21(19-18-16)14-8-7-9-15(10-14)23-6/h7-12H,1-6H3. The van der Waals surface area contributed by atoms with Crippen molar-refractivity contribution in [3.8, 4) is 11.4 Å². The summed E-state index contributed by atoms with van der Waals surface area (Å²) >= 11 is 0. The van der Waals surface area contributed by atoms with Crippen LogP contribution in [0.1, 0.15) is 43.9 Å². The Kier molecular flexibility index (Phi) is 5.03. The average molecular weight is 316 g/mol. The predicted molar refractivity (Wildman–Crippen MR) is 89.1 cm³/mol. The third-order valence-electron chi connectivity index (χ3n) is 3.74. The van der Waals surface area contributed by atoms with Crippen molar-refractivity contribution >= 4 is 5.91 Å². The smallest absolute Gasteiger partial charge is 0.276 e. The second-order valence-corrected chi connectivity index (χ2v) is 6.04. The van der Waals surface area contributed by atoms with Gasteiger partial charge in [-0.15, -0.1) is 5.10 Å². The Balaban J connectivity index is 2.40. The maximum Gasteiger partial charge on any atom is 0.276 e. The van der Waals surface area contributed by atoms with Crippen molar-refractivity contribution in [2.24, 2.45) is 0 Å². The summed E-state index contributed by atoms with van der Waals surface area (Å²) in [7, 11) is 1.62. The molecule has 1 amide bonds. The molecule has 1 aromatic carbocycles. The second kappa shape index (κ2) is 6.81. The maximum atomic E-state index is 12.8. The molecular formula is C17H24N4O2. The zero-order valence-corrected chi connectivity index (χ0v) is 14.6. The molecule has 0 spiro atoms. The van der Waals surface area contributed by atoms with Crippen LogP contribution in [0.4, 0.5) is 0 Å². The van der Waals surface area contributed by atoms with E-state index in [1.807, 2.05) is 63.8 Å². The lowest BCUT2D eigenvalue weighted by molar-refractivity contribution is 0.0636. The summed E-state index contributed by atoms with van der Waals surface area (Å²) in [6.07, 6.45) is 0. The van der Waals surface area contributed by atoms with Gasteiger partial charge in [0.2, 0.25) is 0 Å². The number of nitrogens with zero attached hydrogens (tertiary/aromatic N) is 4. The van der Waals surface area contributed by atoms with Gasteiger partial charge in [-0.2, -0.15) is 0 Å². The molecule has 0 aliphatic rings. The van der Waals surface area contributed by atoms with E-state index in [2.05, 4.69) is 10.3 Å². The van der Waals surface area contributed by atoms with E-state index in [9.17, 15) is 4.79 Å². The molecule has 6 heteroatoms. The highest BCUT2D eigenvalue weighted by Crippen LogP contribution is 2.19. The Bertz CT molecular complexity index is 684. The molecule has 1 heterocycles. The van der Waals surface area contributed by atoms with Crippen LogP contribution in [0.15, 0.2) is 24.3 Å². The Morgan fingerprint density at radius 1 is 1.22 bits per heavy atom. The molecule has 2 aromatic rings. The topological polar surface area (TPSA) is 60.2 Å². The van der Waals surface area contributed by atoms with E-state index in [4.69, 9.17) is 4.74 Å². The van der Waals surface area contributed by atoms with Crippen molar-refractivity contribution in [1.82, 2.24) is 19.9 Å². The normalized spacial score (nSPS) is 11.1. The largest absolute Gasteiger partial charge is 0.497 e. The number of hydrogen-bond acceptors (Lipinski definition) is 4. The molecule has 0 atom stereocenters. The van der Waals surface area contributed by atoms with Crippen molar-refractivity contribution in [2.45, 2.75) is 46.7 Å². The van der Waals surface area contributed by atoms with Crippen LogP contribution in [0.5, 0.6) is 5.75 Å². The van der Waals surface area contributed by atoms with E-state index in [0.29, 0.717) is 5.69 Å². The molecule has 0 bridgehead atoms. The summed E-state index contributed by atoms with van der Waals surface area (Å²) in [6.45, 7) is 9.85. The van der Waals surface area contributed by atoms with E-state index in [1.54, 1.807) is 11.8 Å². The van der Waals surface area contributed by atoms with Crippen LogP contribution >= 0.6 is 0 Å². The Labute approximate surface area is 137 Å². The summed E-state index contributed by atoms with van der Waals surface area (Å²) in [6, 6.07) is 7.71. The molecular weight excluding hydrogens is 292 g/mol. The van der Waals surface area contributed by atoms with E-state index in [1.165, 1.54) is 0 Å². The van der Waals surface area contributed by atoms with E-state index in [-0.39, 0.29) is 18.0 Å². The summed E-state index contributed by atoms with van der Waals surface area (Å²) in [5.41, 5.74) is 1.92. The average Bonchev–Trinajstić information content (AvgIpc) is 2.88. The van der Waals surface area contributed by atoms with Crippen molar-refractivity contribution in [3.63, 3.8) is 0 Å². The van der Waals surface area contributed by atoms with Crippen LogP contribution in [-0.4, -0.2) is 45.0 Å². The van der Waals surface area contributed by atoms with Gasteiger partial charge in [-0.05, 0) is 46.8 Å². The van der Waals surface area contributed by atoms with Gasteiger partial charge in [0.1, 0.15) is 5.75 Å². The fourth-order valence-corrected chi connectivity index (χ4v) is 2.70. The van der Waals surface area contributed by atoms with Gasteiger partial charge in [0.25, 0.3) is 5.91 Å². The van der Waals surface area contributed by atoms with Gasteiger partial charge in [-0.25, -0.2) is 4.68 Å². The van der Waals surface area contributed by atoms with Gasteiger partial charge < -0.3 is 9.64 Å². The number of hydrogen-bond donors (Lipinski definition) is 0. The molecule has 0 aliphatic carbocycles. The van der Waals surface area contributed by atoms with Crippen LogP contribution in [0.2, 0.25) is 0 Å². The molecule has 6 nitrogen and oxygen atoms in total. The number of amides is 1. The van der Waals surface area contributed by atoms with Gasteiger partial charge in [-0.3, -0.25) is 4.79 Å². The first-order valence-corrected chi connectivity index (χ1v) is 7.76. The first kappa shape index (κ1) is 17.0. The van der Waals surface area contributed by atoms with Gasteiger partial charge in [0.15, 0.2) is 5.69 Å². The fourth-order valence-electron chi connectivity index (χ4n) is 2.70. The van der Waals surface area contributed by atoms with Crippen molar-refractivity contribution in [1.29, 1.82) is 0 Å². The molecule has 0 fully saturated rings. The van der Waals surface area contributed by atoms with Crippen molar-refractivity contribution in [3.05, 3.63) is 35.7 Å². The molecule has 23 heavy (non-hydrogen) atoms. The SMILES string of the molecule is COc1cccc(-n2nnc(C(=O)N(C(C)C)C(C)C)c2C)c1. The minimum atomic E-state index is -0.0957. The molecule has 0 saturated carbocycles. The van der Waals surface area contributed by atoms with Crippen LogP contribution in [-0.2, 0) is 0 Å². The van der Waals surface area contributed by atoms with Gasteiger partial charge in [-0.1, -0.05) is 11.3 Å². The van der Waals surface area contributed by atoms with E-state index < -0.39 is 0 Å². The number of ether oxygens (including phenoxy) is 1. The summed E-state index contributed by atoms with van der Waals surface area (Å²) in [5.74, 6) is 0.637. The van der Waals surface area contributed by atoms with E-state index >= 15 is 0 Å². The zero-order valence-electron chi connectivity index (χ0n) is 14.6. The summed E-state index contributed by atoms with van der Waals surface area (Å²) in [4.78, 5) is 14.6. The number of carbonyl (C=O) groups is 1. The van der Waals surface area contributed by atoms with Gasteiger partial charge >= 0.3 is 0 Å². The number of benzene rings is 1. The number of rotatable bonds is 5. The predicted octanol–water partition coefficient (Wildman–Crippen LogP) is 2.84. The molecule has 0 N–H and O–H groups in total. The van der Waals surface area contributed by atoms with Crippen LogP contribution in [0.25, 0.3) is 5.69 Å². The quantitative estimate of drug-likeness (QED) is 0.851. The highest BCUT2D eigenvalue weighted by molar-refractivity contribution is 5.93. The maximum absolute atomic E-state index is 12.8. The highest BCUT2D eigenvalue weighted by Gasteiger charge is 2.26. The molecule has 0 aliphatic heterocycles. The lowest BCUT2D eigenvalue weighted by Crippen LogP contribution is -2.42. The fraction of sp³-hybridized carbons (Fsp3) is 0.471. The Morgan fingerprint density at radius 2 is 1.87 bits per heavy atom. The summed E-state index contributed by atoms with van der Waals surface area (Å²) in [5, 5.41) is 8.26. The molecule has 1 aromatic heterocycles. The third-order valence-corrected chi connectivity index (χ3v) is 3.74.